The van der Waals surface area contributed by atoms with Gasteiger partial charge in [0.25, 0.3) is 5.91 Å². The van der Waals surface area contributed by atoms with Gasteiger partial charge in [-0.3, -0.25) is 4.79 Å². The summed E-state index contributed by atoms with van der Waals surface area (Å²) in [7, 11) is 1.63. The number of benzene rings is 2. The molecule has 0 radical (unpaired) electrons. The summed E-state index contributed by atoms with van der Waals surface area (Å²) in [5.41, 5.74) is 3.91. The monoisotopic (exact) mass is 444 g/mol. The van der Waals surface area contributed by atoms with Gasteiger partial charge in [0.2, 0.25) is 0 Å². The van der Waals surface area contributed by atoms with Crippen LogP contribution < -0.4 is 14.8 Å². The maximum atomic E-state index is 12.6. The van der Waals surface area contributed by atoms with Crippen LogP contribution in [0.3, 0.4) is 0 Å². The van der Waals surface area contributed by atoms with Crippen LogP contribution in [0, 0.1) is 6.92 Å². The number of aryl methyl sites for hydroxylation is 1. The maximum Gasteiger partial charge on any atom is 0.262 e. The zero-order valence-electron chi connectivity index (χ0n) is 19.5. The normalized spacial score (nSPS) is 11.4. The second-order valence-corrected chi connectivity index (χ2v) is 8.88. The molecule has 0 bridgehead atoms. The van der Waals surface area contributed by atoms with E-state index >= 15 is 0 Å². The van der Waals surface area contributed by atoms with Crippen molar-refractivity contribution in [2.45, 2.75) is 33.1 Å². The smallest absolute Gasteiger partial charge is 0.262 e. The summed E-state index contributed by atoms with van der Waals surface area (Å²) < 4.78 is 13.0. The van der Waals surface area contributed by atoms with Gasteiger partial charge in [0.15, 0.2) is 12.3 Å². The summed E-state index contributed by atoms with van der Waals surface area (Å²) in [6.45, 7) is 8.08. The van der Waals surface area contributed by atoms with E-state index in [4.69, 9.17) is 9.47 Å². The summed E-state index contributed by atoms with van der Waals surface area (Å²) in [6, 6.07) is 17.3. The molecule has 1 N–H and O–H groups in total. The number of carbonyl (C=O) groups is 1. The van der Waals surface area contributed by atoms with E-state index in [1.807, 2.05) is 61.5 Å². The molecule has 4 rings (SSSR count). The van der Waals surface area contributed by atoms with Crippen LogP contribution in [-0.4, -0.2) is 34.4 Å². The number of amides is 1. The van der Waals surface area contributed by atoms with E-state index in [0.717, 1.165) is 33.7 Å². The minimum Gasteiger partial charge on any atom is -0.497 e. The third-order valence-corrected chi connectivity index (χ3v) is 5.35. The third kappa shape index (κ3) is 4.82. The first-order valence-corrected chi connectivity index (χ1v) is 10.8. The number of fused-ring (bicyclic) bond motifs is 1. The van der Waals surface area contributed by atoms with E-state index in [9.17, 15) is 4.79 Å². The highest BCUT2D eigenvalue weighted by atomic mass is 16.5. The lowest BCUT2D eigenvalue weighted by atomic mass is 9.86. The molecule has 7 heteroatoms. The molecule has 0 unspecified atom stereocenters. The van der Waals surface area contributed by atoms with Gasteiger partial charge in [0, 0.05) is 10.9 Å². The highest BCUT2D eigenvalue weighted by molar-refractivity contribution is 5.94. The summed E-state index contributed by atoms with van der Waals surface area (Å²) in [4.78, 5) is 17.2. The lowest BCUT2D eigenvalue weighted by Crippen LogP contribution is -2.22. The number of hydrogen-bond donors (Lipinski definition) is 1. The number of anilines is 1. The maximum absolute atomic E-state index is 12.6. The quantitative estimate of drug-likeness (QED) is 0.450. The molecule has 0 atom stereocenters. The Hall–Kier alpha value is -3.87. The van der Waals surface area contributed by atoms with Crippen molar-refractivity contribution in [3.63, 3.8) is 0 Å². The number of carbonyl (C=O) groups excluding carboxylic acids is 1. The molecule has 2 heterocycles. The Labute approximate surface area is 193 Å². The van der Waals surface area contributed by atoms with Gasteiger partial charge in [-0.1, -0.05) is 39.0 Å². The van der Waals surface area contributed by atoms with Crippen molar-refractivity contribution in [3.05, 3.63) is 72.1 Å². The Bertz CT molecular complexity index is 1290. The van der Waals surface area contributed by atoms with E-state index in [2.05, 4.69) is 36.2 Å². The van der Waals surface area contributed by atoms with Crippen LogP contribution >= 0.6 is 0 Å². The van der Waals surface area contributed by atoms with Crippen LogP contribution in [0.5, 0.6) is 11.5 Å². The average molecular weight is 445 g/mol. The van der Waals surface area contributed by atoms with Crippen LogP contribution in [0.2, 0.25) is 0 Å². The van der Waals surface area contributed by atoms with Crippen LogP contribution in [-0.2, 0) is 10.2 Å². The van der Waals surface area contributed by atoms with Crippen molar-refractivity contribution in [3.8, 4) is 17.2 Å². The molecule has 0 fully saturated rings. The van der Waals surface area contributed by atoms with Crippen molar-refractivity contribution in [1.29, 1.82) is 0 Å². The molecule has 0 aliphatic heterocycles. The van der Waals surface area contributed by atoms with Crippen molar-refractivity contribution in [2.75, 3.05) is 19.0 Å². The van der Waals surface area contributed by atoms with E-state index < -0.39 is 0 Å². The van der Waals surface area contributed by atoms with Gasteiger partial charge in [-0.15, -0.1) is 0 Å². The average Bonchev–Trinajstić information content (AvgIpc) is 3.13. The van der Waals surface area contributed by atoms with Crippen LogP contribution in [0.4, 0.5) is 5.69 Å². The highest BCUT2D eigenvalue weighted by Gasteiger charge is 2.21. The molecular weight excluding hydrogens is 416 g/mol. The molecule has 0 saturated carbocycles. The fraction of sp³-hybridized carbons (Fsp3) is 0.269. The van der Waals surface area contributed by atoms with Gasteiger partial charge in [0.05, 0.1) is 30.4 Å². The number of methoxy groups -OCH3 is 1. The Morgan fingerprint density at radius 2 is 1.85 bits per heavy atom. The Morgan fingerprint density at radius 3 is 2.55 bits per heavy atom. The number of aromatic nitrogens is 3. The zero-order chi connectivity index (χ0) is 23.6. The molecule has 1 amide bonds. The number of hydrogen-bond acceptors (Lipinski definition) is 5. The lowest BCUT2D eigenvalue weighted by Gasteiger charge is -2.23. The number of ether oxygens (including phenoxy) is 2. The number of rotatable bonds is 6. The van der Waals surface area contributed by atoms with E-state index in [1.165, 1.54) is 0 Å². The summed E-state index contributed by atoms with van der Waals surface area (Å²) in [5, 5.41) is 8.36. The Balaban J connectivity index is 1.50. The fourth-order valence-electron chi connectivity index (χ4n) is 3.65. The zero-order valence-corrected chi connectivity index (χ0v) is 19.5. The molecular formula is C26H28N4O3. The minimum absolute atomic E-state index is 0.115. The first-order chi connectivity index (χ1) is 15.8. The molecule has 2 aromatic carbocycles. The first kappa shape index (κ1) is 22.3. The largest absolute Gasteiger partial charge is 0.497 e. The Kier molecular flexibility index (Phi) is 6.05. The van der Waals surface area contributed by atoms with Crippen LogP contribution in [0.1, 0.15) is 32.0 Å². The Morgan fingerprint density at radius 1 is 1.09 bits per heavy atom. The molecule has 0 saturated heterocycles. The van der Waals surface area contributed by atoms with Gasteiger partial charge in [-0.2, -0.15) is 5.10 Å². The van der Waals surface area contributed by atoms with Gasteiger partial charge < -0.3 is 14.8 Å². The number of nitrogens with one attached hydrogen (secondary N) is 1. The molecule has 0 aliphatic rings. The van der Waals surface area contributed by atoms with Crippen molar-refractivity contribution < 1.29 is 14.3 Å². The highest BCUT2D eigenvalue weighted by Crippen LogP contribution is 2.34. The third-order valence-electron chi connectivity index (χ3n) is 5.35. The SMILES string of the molecule is COc1ccc(OCC(=O)Nc2cnc3c(c2)c(C)nn3-c2ccccc2)c(C(C)(C)C)c1. The molecule has 33 heavy (non-hydrogen) atoms. The van der Waals surface area contributed by atoms with Gasteiger partial charge in [0.1, 0.15) is 11.5 Å². The summed E-state index contributed by atoms with van der Waals surface area (Å²) in [6.07, 6.45) is 1.63. The summed E-state index contributed by atoms with van der Waals surface area (Å²) >= 11 is 0. The molecule has 170 valence electrons. The number of pyridine rings is 1. The molecule has 0 aliphatic carbocycles. The van der Waals surface area contributed by atoms with Crippen molar-refractivity contribution in [2.24, 2.45) is 0 Å². The van der Waals surface area contributed by atoms with E-state index in [-0.39, 0.29) is 17.9 Å². The predicted octanol–water partition coefficient (Wildman–Crippen LogP) is 5.05. The minimum atomic E-state index is -0.264. The number of nitrogens with zero attached hydrogens (tertiary/aromatic N) is 3. The van der Waals surface area contributed by atoms with E-state index in [1.54, 1.807) is 18.0 Å². The molecule has 2 aromatic heterocycles. The van der Waals surface area contributed by atoms with Crippen molar-refractivity contribution in [1.82, 2.24) is 14.8 Å². The lowest BCUT2D eigenvalue weighted by molar-refractivity contribution is -0.118. The van der Waals surface area contributed by atoms with Crippen LogP contribution in [0.25, 0.3) is 16.7 Å². The van der Waals surface area contributed by atoms with Gasteiger partial charge in [-0.05, 0) is 48.7 Å². The van der Waals surface area contributed by atoms with Gasteiger partial charge >= 0.3 is 0 Å². The number of para-hydroxylation sites is 1. The topological polar surface area (TPSA) is 78.3 Å². The first-order valence-electron chi connectivity index (χ1n) is 10.8. The fourth-order valence-corrected chi connectivity index (χ4v) is 3.65. The second kappa shape index (κ2) is 8.94. The van der Waals surface area contributed by atoms with E-state index in [0.29, 0.717) is 11.4 Å². The summed E-state index contributed by atoms with van der Waals surface area (Å²) in [5.74, 6) is 1.15. The molecule has 0 spiro atoms. The van der Waals surface area contributed by atoms with Crippen molar-refractivity contribution >= 4 is 22.6 Å². The molecule has 4 aromatic rings. The second-order valence-electron chi connectivity index (χ2n) is 8.88. The van der Waals surface area contributed by atoms with Crippen LogP contribution in [0.15, 0.2) is 60.8 Å². The van der Waals surface area contributed by atoms with Gasteiger partial charge in [-0.25, -0.2) is 9.67 Å². The molecule has 7 nitrogen and oxygen atoms in total. The standard InChI is InChI=1S/C26H28N4O3/c1-17-21-13-18(15-27-25(21)30(29-17)19-9-7-6-8-10-19)28-24(31)16-33-23-12-11-20(32-5)14-22(23)26(2,3)4/h6-15H,16H2,1-5H3,(H,28,31). The predicted molar refractivity (Wildman–Crippen MR) is 129 cm³/mol.